The van der Waals surface area contributed by atoms with Crippen molar-refractivity contribution < 1.29 is 9.59 Å². The van der Waals surface area contributed by atoms with Crippen molar-refractivity contribution in [3.63, 3.8) is 0 Å². The van der Waals surface area contributed by atoms with E-state index in [2.05, 4.69) is 5.32 Å². The molecule has 0 bridgehead atoms. The molecule has 21 heavy (non-hydrogen) atoms. The van der Waals surface area contributed by atoms with Gasteiger partial charge in [0.05, 0.1) is 6.04 Å². The van der Waals surface area contributed by atoms with Crippen LogP contribution >= 0.6 is 12.4 Å². The fourth-order valence-corrected chi connectivity index (χ4v) is 2.35. The van der Waals surface area contributed by atoms with E-state index in [1.54, 1.807) is 11.0 Å². The second kappa shape index (κ2) is 8.00. The number of nitrogens with two attached hydrogens (primary N) is 1. The summed E-state index contributed by atoms with van der Waals surface area (Å²) in [6, 6.07) is 6.85. The van der Waals surface area contributed by atoms with Crippen LogP contribution in [0.15, 0.2) is 24.3 Å². The van der Waals surface area contributed by atoms with Crippen molar-refractivity contribution in [2.75, 3.05) is 16.8 Å². The van der Waals surface area contributed by atoms with Crippen LogP contribution in [0.3, 0.4) is 0 Å². The first kappa shape index (κ1) is 17.5. The largest absolute Gasteiger partial charge is 0.325 e. The lowest BCUT2D eigenvalue weighted by atomic mass is 10.1. The number of carbonyl (C=O) groups excluding carboxylic acids is 2. The molecule has 1 aromatic rings. The average molecular weight is 312 g/mol. The molecule has 1 aliphatic heterocycles. The molecular weight excluding hydrogens is 290 g/mol. The standard InChI is InChI=1S/C15H21N3O2.ClH/c1-2-5-13(16)15(20)17-11-6-3-7-12(10-11)18-9-4-8-14(18)19;/h3,6-7,10,13H,2,4-5,8-9,16H2,1H3,(H,17,20);1H. The van der Waals surface area contributed by atoms with Crippen LogP contribution in [0.25, 0.3) is 0 Å². The molecule has 5 nitrogen and oxygen atoms in total. The van der Waals surface area contributed by atoms with Crippen molar-refractivity contribution in [1.29, 1.82) is 0 Å². The fraction of sp³-hybridized carbons (Fsp3) is 0.467. The van der Waals surface area contributed by atoms with Gasteiger partial charge in [-0.05, 0) is 31.0 Å². The van der Waals surface area contributed by atoms with E-state index >= 15 is 0 Å². The molecule has 2 amide bonds. The minimum atomic E-state index is -0.489. The molecule has 1 aliphatic rings. The summed E-state index contributed by atoms with van der Waals surface area (Å²) in [6.07, 6.45) is 3.02. The van der Waals surface area contributed by atoms with Gasteiger partial charge in [0.1, 0.15) is 0 Å². The Hall–Kier alpha value is -1.59. The predicted molar refractivity (Wildman–Crippen MR) is 86.8 cm³/mol. The van der Waals surface area contributed by atoms with Crippen LogP contribution in [0.4, 0.5) is 11.4 Å². The van der Waals surface area contributed by atoms with Crippen LogP contribution in [-0.2, 0) is 9.59 Å². The van der Waals surface area contributed by atoms with Crippen molar-refractivity contribution >= 4 is 35.6 Å². The number of hydrogen-bond acceptors (Lipinski definition) is 3. The van der Waals surface area contributed by atoms with E-state index < -0.39 is 6.04 Å². The zero-order valence-corrected chi connectivity index (χ0v) is 13.0. The summed E-state index contributed by atoms with van der Waals surface area (Å²) in [5, 5.41) is 2.80. The second-order valence-corrected chi connectivity index (χ2v) is 5.08. The number of rotatable bonds is 5. The molecule has 6 heteroatoms. The molecule has 2 rings (SSSR count). The van der Waals surface area contributed by atoms with E-state index in [9.17, 15) is 9.59 Å². The summed E-state index contributed by atoms with van der Waals surface area (Å²) >= 11 is 0. The Morgan fingerprint density at radius 3 is 2.86 bits per heavy atom. The fourth-order valence-electron chi connectivity index (χ4n) is 2.35. The normalized spacial score (nSPS) is 15.5. The Balaban J connectivity index is 0.00000220. The summed E-state index contributed by atoms with van der Waals surface area (Å²) in [5.41, 5.74) is 7.29. The number of nitrogens with one attached hydrogen (secondary N) is 1. The number of hydrogen-bond donors (Lipinski definition) is 2. The Labute approximate surface area is 131 Å². The third-order valence-electron chi connectivity index (χ3n) is 3.44. The number of anilines is 2. The van der Waals surface area contributed by atoms with E-state index in [1.165, 1.54) is 0 Å². The third-order valence-corrected chi connectivity index (χ3v) is 3.44. The molecule has 116 valence electrons. The quantitative estimate of drug-likeness (QED) is 0.876. The van der Waals surface area contributed by atoms with Gasteiger partial charge in [0.15, 0.2) is 0 Å². The van der Waals surface area contributed by atoms with Crippen molar-refractivity contribution in [2.45, 2.75) is 38.6 Å². The van der Waals surface area contributed by atoms with Gasteiger partial charge in [-0.3, -0.25) is 9.59 Å². The monoisotopic (exact) mass is 311 g/mol. The lowest BCUT2D eigenvalue weighted by molar-refractivity contribution is -0.118. The maximum absolute atomic E-state index is 11.9. The molecule has 1 saturated heterocycles. The van der Waals surface area contributed by atoms with Crippen LogP contribution in [0, 0.1) is 0 Å². The first-order valence-corrected chi connectivity index (χ1v) is 7.08. The maximum Gasteiger partial charge on any atom is 0.241 e. The van der Waals surface area contributed by atoms with Gasteiger partial charge in [-0.15, -0.1) is 12.4 Å². The lowest BCUT2D eigenvalue weighted by Gasteiger charge is -2.17. The molecule has 0 spiro atoms. The summed E-state index contributed by atoms with van der Waals surface area (Å²) in [6.45, 7) is 2.73. The molecular formula is C15H22ClN3O2. The predicted octanol–water partition coefficient (Wildman–Crippen LogP) is 2.30. The van der Waals surface area contributed by atoms with Gasteiger partial charge in [-0.1, -0.05) is 19.4 Å². The number of halogens is 1. The number of benzene rings is 1. The minimum absolute atomic E-state index is 0. The Morgan fingerprint density at radius 1 is 1.48 bits per heavy atom. The molecule has 1 unspecified atom stereocenters. The molecule has 1 fully saturated rings. The molecule has 1 aromatic carbocycles. The highest BCUT2D eigenvalue weighted by Gasteiger charge is 2.22. The molecule has 0 aliphatic carbocycles. The van der Waals surface area contributed by atoms with E-state index in [1.807, 2.05) is 25.1 Å². The van der Waals surface area contributed by atoms with Crippen molar-refractivity contribution in [3.8, 4) is 0 Å². The van der Waals surface area contributed by atoms with Gasteiger partial charge in [-0.25, -0.2) is 0 Å². The van der Waals surface area contributed by atoms with Crippen LogP contribution in [0.1, 0.15) is 32.6 Å². The Bertz CT molecular complexity index is 507. The van der Waals surface area contributed by atoms with E-state index in [4.69, 9.17) is 5.73 Å². The van der Waals surface area contributed by atoms with Crippen LogP contribution < -0.4 is 16.0 Å². The highest BCUT2D eigenvalue weighted by molar-refractivity contribution is 5.98. The minimum Gasteiger partial charge on any atom is -0.325 e. The molecule has 1 heterocycles. The van der Waals surface area contributed by atoms with Gasteiger partial charge >= 0.3 is 0 Å². The van der Waals surface area contributed by atoms with Gasteiger partial charge in [0.2, 0.25) is 11.8 Å². The molecule has 1 atom stereocenters. The van der Waals surface area contributed by atoms with Gasteiger partial charge in [-0.2, -0.15) is 0 Å². The van der Waals surface area contributed by atoms with Crippen molar-refractivity contribution in [1.82, 2.24) is 0 Å². The first-order chi connectivity index (χ1) is 9.61. The van der Waals surface area contributed by atoms with Crippen molar-refractivity contribution in [3.05, 3.63) is 24.3 Å². The second-order valence-electron chi connectivity index (χ2n) is 5.08. The van der Waals surface area contributed by atoms with E-state index in [0.717, 1.165) is 25.1 Å². The Morgan fingerprint density at radius 2 is 2.24 bits per heavy atom. The van der Waals surface area contributed by atoms with Gasteiger partial charge < -0.3 is 16.0 Å². The van der Waals surface area contributed by atoms with E-state index in [0.29, 0.717) is 18.5 Å². The highest BCUT2D eigenvalue weighted by atomic mass is 35.5. The van der Waals surface area contributed by atoms with Gasteiger partial charge in [0, 0.05) is 24.3 Å². The SMILES string of the molecule is CCCC(N)C(=O)Nc1cccc(N2CCCC2=O)c1.Cl. The third kappa shape index (κ3) is 4.44. The topological polar surface area (TPSA) is 75.4 Å². The smallest absolute Gasteiger partial charge is 0.241 e. The lowest BCUT2D eigenvalue weighted by Crippen LogP contribution is -2.35. The number of amides is 2. The molecule has 0 aromatic heterocycles. The maximum atomic E-state index is 11.9. The molecule has 3 N–H and O–H groups in total. The summed E-state index contributed by atoms with van der Waals surface area (Å²) in [4.78, 5) is 25.4. The average Bonchev–Trinajstić information content (AvgIpc) is 2.85. The van der Waals surface area contributed by atoms with Crippen LogP contribution in [0.2, 0.25) is 0 Å². The first-order valence-electron chi connectivity index (χ1n) is 7.08. The molecule has 0 saturated carbocycles. The zero-order valence-electron chi connectivity index (χ0n) is 12.2. The summed E-state index contributed by atoms with van der Waals surface area (Å²) in [7, 11) is 0. The van der Waals surface area contributed by atoms with Gasteiger partial charge in [0.25, 0.3) is 0 Å². The van der Waals surface area contributed by atoms with Crippen molar-refractivity contribution in [2.24, 2.45) is 5.73 Å². The van der Waals surface area contributed by atoms with E-state index in [-0.39, 0.29) is 24.2 Å². The van der Waals surface area contributed by atoms with Crippen LogP contribution in [-0.4, -0.2) is 24.4 Å². The highest BCUT2D eigenvalue weighted by Crippen LogP contribution is 2.24. The molecule has 0 radical (unpaired) electrons. The van der Waals surface area contributed by atoms with Crippen LogP contribution in [0.5, 0.6) is 0 Å². The number of carbonyl (C=O) groups is 2. The summed E-state index contributed by atoms with van der Waals surface area (Å²) < 4.78 is 0. The zero-order chi connectivity index (χ0) is 14.5. The number of nitrogens with zero attached hydrogens (tertiary/aromatic N) is 1. The Kier molecular flexibility index (Phi) is 6.65. The summed E-state index contributed by atoms with van der Waals surface area (Å²) in [5.74, 6) is -0.0482.